The van der Waals surface area contributed by atoms with Gasteiger partial charge in [0.1, 0.15) is 0 Å². The van der Waals surface area contributed by atoms with Gasteiger partial charge >= 0.3 is 5.97 Å². The van der Waals surface area contributed by atoms with Gasteiger partial charge in [-0.2, -0.15) is 4.98 Å². The number of thioether (sulfide) groups is 1. The standard InChI is InChI=1S/C7H12N4O2S/c1-4(3-5(12)13-2)14-7-9-6(8)10-11-7/h4H,3H2,1-2H3,(H3,8,9,10,11). The highest BCUT2D eigenvalue weighted by Crippen LogP contribution is 2.21. The molecule has 7 heteroatoms. The Balaban J connectivity index is 2.41. The molecule has 1 rings (SSSR count). The fourth-order valence-electron chi connectivity index (χ4n) is 0.850. The van der Waals surface area contributed by atoms with E-state index in [1.54, 1.807) is 0 Å². The van der Waals surface area contributed by atoms with Gasteiger partial charge in [-0.15, -0.1) is 5.10 Å². The number of carbonyl (C=O) groups excluding carboxylic acids is 1. The molecule has 1 aromatic heterocycles. The lowest BCUT2D eigenvalue weighted by Gasteiger charge is -2.05. The maximum Gasteiger partial charge on any atom is 0.306 e. The van der Waals surface area contributed by atoms with E-state index in [0.717, 1.165) is 0 Å². The summed E-state index contributed by atoms with van der Waals surface area (Å²) in [5.74, 6) is 0.0336. The fraction of sp³-hybridized carbons (Fsp3) is 0.571. The topological polar surface area (TPSA) is 93.9 Å². The number of nitrogens with two attached hydrogens (primary N) is 1. The van der Waals surface area contributed by atoms with Crippen molar-refractivity contribution >= 4 is 23.7 Å². The average molecular weight is 216 g/mol. The van der Waals surface area contributed by atoms with Crippen LogP contribution in [0.25, 0.3) is 0 Å². The van der Waals surface area contributed by atoms with Crippen molar-refractivity contribution in [2.75, 3.05) is 12.8 Å². The van der Waals surface area contributed by atoms with Gasteiger partial charge in [-0.1, -0.05) is 18.7 Å². The summed E-state index contributed by atoms with van der Waals surface area (Å²) >= 11 is 1.37. The number of aromatic nitrogens is 3. The molecule has 1 unspecified atom stereocenters. The van der Waals surface area contributed by atoms with Crippen LogP contribution in [0.4, 0.5) is 5.95 Å². The molecule has 0 saturated heterocycles. The Morgan fingerprint density at radius 2 is 2.50 bits per heavy atom. The first-order valence-electron chi connectivity index (χ1n) is 4.03. The Kier molecular flexibility index (Phi) is 3.75. The summed E-state index contributed by atoms with van der Waals surface area (Å²) in [4.78, 5) is 14.8. The summed E-state index contributed by atoms with van der Waals surface area (Å²) in [5, 5.41) is 6.97. The number of aromatic amines is 1. The van der Waals surface area contributed by atoms with Crippen molar-refractivity contribution in [2.24, 2.45) is 0 Å². The van der Waals surface area contributed by atoms with Crippen LogP contribution in [0.2, 0.25) is 0 Å². The number of H-pyrrole nitrogens is 1. The van der Waals surface area contributed by atoms with E-state index in [4.69, 9.17) is 5.73 Å². The lowest BCUT2D eigenvalue weighted by Crippen LogP contribution is -2.08. The van der Waals surface area contributed by atoms with E-state index in [1.165, 1.54) is 18.9 Å². The van der Waals surface area contributed by atoms with Gasteiger partial charge < -0.3 is 10.5 Å². The predicted molar refractivity (Wildman–Crippen MR) is 52.7 cm³/mol. The zero-order valence-corrected chi connectivity index (χ0v) is 8.80. The van der Waals surface area contributed by atoms with Crippen LogP contribution in [0.15, 0.2) is 5.16 Å². The van der Waals surface area contributed by atoms with Crippen LogP contribution in [0, 0.1) is 0 Å². The second-order valence-electron chi connectivity index (χ2n) is 2.71. The van der Waals surface area contributed by atoms with Gasteiger partial charge in [0.2, 0.25) is 11.1 Å². The molecule has 78 valence electrons. The van der Waals surface area contributed by atoms with Gasteiger partial charge in [-0.05, 0) is 0 Å². The quantitative estimate of drug-likeness (QED) is 0.560. The monoisotopic (exact) mass is 216 g/mol. The number of nitrogens with one attached hydrogen (secondary N) is 1. The highest BCUT2D eigenvalue weighted by atomic mass is 32.2. The first-order valence-corrected chi connectivity index (χ1v) is 4.91. The van der Waals surface area contributed by atoms with Crippen LogP contribution in [0.3, 0.4) is 0 Å². The molecule has 0 fully saturated rings. The second-order valence-corrected chi connectivity index (χ2v) is 4.12. The number of anilines is 1. The molecule has 0 saturated carbocycles. The van der Waals surface area contributed by atoms with Crippen molar-refractivity contribution in [3.8, 4) is 0 Å². The summed E-state index contributed by atoms with van der Waals surface area (Å²) < 4.78 is 4.54. The third-order valence-corrected chi connectivity index (χ3v) is 2.43. The van der Waals surface area contributed by atoms with Crippen molar-refractivity contribution in [2.45, 2.75) is 23.8 Å². The van der Waals surface area contributed by atoms with E-state index in [9.17, 15) is 4.79 Å². The molecule has 14 heavy (non-hydrogen) atoms. The van der Waals surface area contributed by atoms with Gasteiger partial charge in [0.15, 0.2) is 0 Å². The van der Waals surface area contributed by atoms with Crippen LogP contribution in [0.1, 0.15) is 13.3 Å². The molecule has 0 amide bonds. The average Bonchev–Trinajstić information content (AvgIpc) is 2.50. The van der Waals surface area contributed by atoms with Crippen molar-refractivity contribution in [3.05, 3.63) is 0 Å². The second kappa shape index (κ2) is 4.85. The lowest BCUT2D eigenvalue weighted by atomic mass is 10.3. The molecule has 1 heterocycles. The Bertz CT molecular complexity index is 314. The van der Waals surface area contributed by atoms with Crippen LogP contribution in [0.5, 0.6) is 0 Å². The largest absolute Gasteiger partial charge is 0.469 e. The number of carbonyl (C=O) groups is 1. The van der Waals surface area contributed by atoms with Crippen molar-refractivity contribution in [1.82, 2.24) is 15.2 Å². The van der Waals surface area contributed by atoms with Crippen molar-refractivity contribution in [3.63, 3.8) is 0 Å². The SMILES string of the molecule is COC(=O)CC(C)Sc1n[nH]c(N)n1. The number of esters is 1. The van der Waals surface area contributed by atoms with Crippen molar-refractivity contribution < 1.29 is 9.53 Å². The molecule has 0 aliphatic carbocycles. The third-order valence-electron chi connectivity index (χ3n) is 1.47. The molecule has 0 aliphatic rings. The smallest absolute Gasteiger partial charge is 0.306 e. The minimum atomic E-state index is -0.242. The molecule has 6 nitrogen and oxygen atoms in total. The number of hydrogen-bond acceptors (Lipinski definition) is 6. The normalized spacial score (nSPS) is 12.4. The molecule has 0 radical (unpaired) electrons. The van der Waals surface area contributed by atoms with Crippen LogP contribution in [-0.4, -0.2) is 33.5 Å². The Morgan fingerprint density at radius 3 is 3.00 bits per heavy atom. The predicted octanol–water partition coefficient (Wildman–Crippen LogP) is 0.431. The molecule has 0 spiro atoms. The molecule has 0 aliphatic heterocycles. The van der Waals surface area contributed by atoms with Gasteiger partial charge in [0.25, 0.3) is 0 Å². The Morgan fingerprint density at radius 1 is 1.79 bits per heavy atom. The minimum Gasteiger partial charge on any atom is -0.469 e. The van der Waals surface area contributed by atoms with Gasteiger partial charge in [-0.25, -0.2) is 5.10 Å². The van der Waals surface area contributed by atoms with Gasteiger partial charge in [-0.3, -0.25) is 4.79 Å². The summed E-state index contributed by atoms with van der Waals surface area (Å²) in [7, 11) is 1.37. The summed E-state index contributed by atoms with van der Waals surface area (Å²) in [5.41, 5.74) is 5.35. The molecule has 1 atom stereocenters. The zero-order chi connectivity index (χ0) is 10.6. The van der Waals surface area contributed by atoms with E-state index < -0.39 is 0 Å². The highest BCUT2D eigenvalue weighted by Gasteiger charge is 2.12. The fourth-order valence-corrected chi connectivity index (χ4v) is 1.68. The number of hydrogen-bond donors (Lipinski definition) is 2. The molecular formula is C7H12N4O2S. The van der Waals surface area contributed by atoms with Crippen LogP contribution in [-0.2, 0) is 9.53 Å². The van der Waals surface area contributed by atoms with E-state index in [2.05, 4.69) is 19.9 Å². The summed E-state index contributed by atoms with van der Waals surface area (Å²) in [6.45, 7) is 1.90. The van der Waals surface area contributed by atoms with E-state index >= 15 is 0 Å². The van der Waals surface area contributed by atoms with Gasteiger partial charge in [0, 0.05) is 5.25 Å². The molecule has 1 aromatic rings. The molecule has 0 aromatic carbocycles. The first kappa shape index (κ1) is 10.8. The minimum absolute atomic E-state index is 0.0673. The number of nitrogen functional groups attached to an aromatic ring is 1. The number of ether oxygens (including phenoxy) is 1. The van der Waals surface area contributed by atoms with Gasteiger partial charge in [0.05, 0.1) is 13.5 Å². The molecule has 0 bridgehead atoms. The zero-order valence-electron chi connectivity index (χ0n) is 7.98. The summed E-state index contributed by atoms with van der Waals surface area (Å²) in [6, 6.07) is 0. The Hall–Kier alpha value is -1.24. The van der Waals surface area contributed by atoms with E-state index in [1.807, 2.05) is 6.92 Å². The van der Waals surface area contributed by atoms with Crippen LogP contribution < -0.4 is 5.73 Å². The van der Waals surface area contributed by atoms with Crippen LogP contribution >= 0.6 is 11.8 Å². The first-order chi connectivity index (χ1) is 6.61. The number of rotatable bonds is 4. The number of nitrogens with zero attached hydrogens (tertiary/aromatic N) is 2. The maximum atomic E-state index is 10.9. The molecule has 3 N–H and O–H groups in total. The van der Waals surface area contributed by atoms with Crippen molar-refractivity contribution in [1.29, 1.82) is 0 Å². The van der Waals surface area contributed by atoms with E-state index in [-0.39, 0.29) is 17.2 Å². The highest BCUT2D eigenvalue weighted by molar-refractivity contribution is 7.99. The molecular weight excluding hydrogens is 204 g/mol. The maximum absolute atomic E-state index is 10.9. The Labute approximate surface area is 85.6 Å². The number of methoxy groups -OCH3 is 1. The summed E-state index contributed by atoms with van der Waals surface area (Å²) in [6.07, 6.45) is 0.329. The lowest BCUT2D eigenvalue weighted by molar-refractivity contribution is -0.140. The third kappa shape index (κ3) is 3.25. The van der Waals surface area contributed by atoms with E-state index in [0.29, 0.717) is 11.6 Å².